The molecule has 0 aromatic carbocycles. The first-order valence-corrected chi connectivity index (χ1v) is 7.87. The van der Waals surface area contributed by atoms with Gasteiger partial charge in [0.15, 0.2) is 5.78 Å². The van der Waals surface area contributed by atoms with Crippen molar-refractivity contribution in [1.82, 2.24) is 0 Å². The number of carbonyl (C=O) groups excluding carboxylic acids is 2. The first-order valence-electron chi connectivity index (χ1n) is 7.87. The summed E-state index contributed by atoms with van der Waals surface area (Å²) in [7, 11) is 0. The van der Waals surface area contributed by atoms with Crippen LogP contribution in [-0.4, -0.2) is 24.8 Å². The molecule has 0 heterocycles. The highest BCUT2D eigenvalue weighted by Gasteiger charge is 2.46. The summed E-state index contributed by atoms with van der Waals surface area (Å²) in [6.07, 6.45) is 4.89. The lowest BCUT2D eigenvalue weighted by molar-refractivity contribution is -0.130. The zero-order valence-electron chi connectivity index (χ0n) is 14.3. The molecular weight excluding hydrogens is 276 g/mol. The second-order valence-corrected chi connectivity index (χ2v) is 6.28. The van der Waals surface area contributed by atoms with Crippen molar-refractivity contribution in [2.75, 3.05) is 6.61 Å². The van der Waals surface area contributed by atoms with Gasteiger partial charge >= 0.3 is 0 Å². The van der Waals surface area contributed by atoms with Gasteiger partial charge in [-0.2, -0.15) is 0 Å². The van der Waals surface area contributed by atoms with Gasteiger partial charge in [-0.25, -0.2) is 0 Å². The molecule has 0 radical (unpaired) electrons. The number of carbonyl (C=O) groups is 2. The van der Waals surface area contributed by atoms with Crippen molar-refractivity contribution in [3.63, 3.8) is 0 Å². The lowest BCUT2D eigenvalue weighted by Gasteiger charge is -2.27. The lowest BCUT2D eigenvalue weighted by atomic mass is 9.83. The first kappa shape index (κ1) is 18.4. The fourth-order valence-electron chi connectivity index (χ4n) is 2.66. The van der Waals surface area contributed by atoms with E-state index < -0.39 is 11.5 Å². The van der Waals surface area contributed by atoms with Gasteiger partial charge in [0.2, 0.25) is 0 Å². The molecule has 0 saturated carbocycles. The molecular formula is C19H26O3. The summed E-state index contributed by atoms with van der Waals surface area (Å²) in [5.74, 6) is 6.04. The normalized spacial score (nSPS) is 20.9. The molecule has 0 bridgehead atoms. The van der Waals surface area contributed by atoms with E-state index in [0.717, 1.165) is 31.1 Å². The van der Waals surface area contributed by atoms with Crippen molar-refractivity contribution in [2.24, 2.45) is 5.41 Å². The third-order valence-electron chi connectivity index (χ3n) is 4.02. The van der Waals surface area contributed by atoms with Gasteiger partial charge in [0.25, 0.3) is 0 Å². The van der Waals surface area contributed by atoms with Crippen LogP contribution < -0.4 is 0 Å². The molecule has 22 heavy (non-hydrogen) atoms. The summed E-state index contributed by atoms with van der Waals surface area (Å²) >= 11 is 0. The standard InChI is InChI=1S/C19H26O3/c1-6-7-8-13-22-18-17(21)15(3)16(19(18,4)5)10-9-14(2)11-12-20/h11-12,18H,6-8,13H2,1-5H3. The Morgan fingerprint density at radius 3 is 2.64 bits per heavy atom. The largest absolute Gasteiger partial charge is 0.369 e. The Morgan fingerprint density at radius 1 is 1.36 bits per heavy atom. The topological polar surface area (TPSA) is 43.4 Å². The number of ether oxygens (including phenoxy) is 1. The number of Topliss-reactive ketones (excluding diaryl/α,β-unsaturated/α-hetero) is 1. The Hall–Kier alpha value is -1.66. The van der Waals surface area contributed by atoms with Gasteiger partial charge in [-0.05, 0) is 26.3 Å². The molecule has 0 N–H and O–H groups in total. The molecule has 0 saturated heterocycles. The van der Waals surface area contributed by atoms with Crippen LogP contribution >= 0.6 is 0 Å². The summed E-state index contributed by atoms with van der Waals surface area (Å²) in [4.78, 5) is 22.9. The molecule has 120 valence electrons. The summed E-state index contributed by atoms with van der Waals surface area (Å²) < 4.78 is 5.86. The minimum Gasteiger partial charge on any atom is -0.369 e. The van der Waals surface area contributed by atoms with Crippen LogP contribution in [0.5, 0.6) is 0 Å². The van der Waals surface area contributed by atoms with Crippen LogP contribution in [-0.2, 0) is 14.3 Å². The van der Waals surface area contributed by atoms with Gasteiger partial charge in [-0.1, -0.05) is 45.5 Å². The third-order valence-corrected chi connectivity index (χ3v) is 4.02. The smallest absolute Gasteiger partial charge is 0.189 e. The van der Waals surface area contributed by atoms with E-state index in [0.29, 0.717) is 17.8 Å². The Bertz CT molecular complexity index is 553. The monoisotopic (exact) mass is 302 g/mol. The zero-order chi connectivity index (χ0) is 16.8. The molecule has 1 unspecified atom stereocenters. The Morgan fingerprint density at radius 2 is 2.05 bits per heavy atom. The van der Waals surface area contributed by atoms with E-state index in [-0.39, 0.29) is 5.78 Å². The van der Waals surface area contributed by atoms with E-state index in [9.17, 15) is 9.59 Å². The quantitative estimate of drug-likeness (QED) is 0.326. The van der Waals surface area contributed by atoms with Crippen molar-refractivity contribution in [3.8, 4) is 11.8 Å². The highest BCUT2D eigenvalue weighted by Crippen LogP contribution is 2.41. The predicted octanol–water partition coefficient (Wildman–Crippen LogP) is 3.64. The number of hydrogen-bond donors (Lipinski definition) is 0. The summed E-state index contributed by atoms with van der Waals surface area (Å²) in [6.45, 7) is 10.3. The highest BCUT2D eigenvalue weighted by atomic mass is 16.5. The minimum absolute atomic E-state index is 0.0304. The molecule has 1 aliphatic carbocycles. The second-order valence-electron chi connectivity index (χ2n) is 6.28. The number of aldehydes is 1. The second kappa shape index (κ2) is 8.10. The minimum atomic E-state index is -0.455. The average Bonchev–Trinajstić information content (AvgIpc) is 2.61. The van der Waals surface area contributed by atoms with E-state index in [1.807, 2.05) is 20.8 Å². The molecule has 0 aromatic heterocycles. The van der Waals surface area contributed by atoms with Crippen LogP contribution in [0.2, 0.25) is 0 Å². The van der Waals surface area contributed by atoms with Crippen molar-refractivity contribution in [3.05, 3.63) is 22.8 Å². The maximum atomic E-state index is 12.4. The number of allylic oxidation sites excluding steroid dienone is 2. The number of hydrogen-bond acceptors (Lipinski definition) is 3. The fraction of sp³-hybridized carbons (Fsp3) is 0.579. The molecule has 0 fully saturated rings. The van der Waals surface area contributed by atoms with Crippen molar-refractivity contribution in [2.45, 2.75) is 60.0 Å². The van der Waals surface area contributed by atoms with Gasteiger partial charge in [0, 0.05) is 28.7 Å². The molecule has 1 atom stereocenters. The zero-order valence-corrected chi connectivity index (χ0v) is 14.3. The van der Waals surface area contributed by atoms with Gasteiger partial charge < -0.3 is 4.74 Å². The number of rotatable bonds is 6. The van der Waals surface area contributed by atoms with Crippen LogP contribution in [0.15, 0.2) is 22.8 Å². The maximum Gasteiger partial charge on any atom is 0.189 e. The molecule has 3 nitrogen and oxygen atoms in total. The van der Waals surface area contributed by atoms with Gasteiger partial charge in [-0.15, -0.1) is 0 Å². The van der Waals surface area contributed by atoms with Crippen LogP contribution in [0, 0.1) is 17.3 Å². The van der Waals surface area contributed by atoms with E-state index >= 15 is 0 Å². The summed E-state index contributed by atoms with van der Waals surface area (Å²) in [5.41, 5.74) is 1.75. The van der Waals surface area contributed by atoms with Gasteiger partial charge in [0.1, 0.15) is 12.4 Å². The molecule has 0 aliphatic heterocycles. The van der Waals surface area contributed by atoms with E-state index in [1.165, 1.54) is 6.08 Å². The Balaban J connectivity index is 2.92. The summed E-state index contributed by atoms with van der Waals surface area (Å²) in [6, 6.07) is 0. The van der Waals surface area contributed by atoms with Crippen molar-refractivity contribution < 1.29 is 14.3 Å². The Labute approximate surface area is 133 Å². The van der Waals surface area contributed by atoms with Crippen LogP contribution in [0.3, 0.4) is 0 Å². The Kier molecular flexibility index (Phi) is 6.77. The van der Waals surface area contributed by atoms with Gasteiger partial charge in [0.05, 0.1) is 0 Å². The van der Waals surface area contributed by atoms with Crippen molar-refractivity contribution >= 4 is 12.1 Å². The number of unbranched alkanes of at least 4 members (excludes halogenated alkanes) is 2. The molecule has 3 heteroatoms. The first-order chi connectivity index (χ1) is 10.4. The van der Waals surface area contributed by atoms with E-state index in [1.54, 1.807) is 6.92 Å². The van der Waals surface area contributed by atoms with E-state index in [4.69, 9.17) is 4.74 Å². The molecule has 0 amide bonds. The average molecular weight is 302 g/mol. The number of ketones is 1. The SMILES string of the molecule is CCCCCOC1C(=O)C(C)=C(C#CC(C)=CC=O)C1(C)C. The maximum absolute atomic E-state index is 12.4. The highest BCUT2D eigenvalue weighted by molar-refractivity contribution is 6.04. The van der Waals surface area contributed by atoms with Crippen LogP contribution in [0.4, 0.5) is 0 Å². The van der Waals surface area contributed by atoms with Crippen LogP contribution in [0.25, 0.3) is 0 Å². The summed E-state index contributed by atoms with van der Waals surface area (Å²) in [5, 5.41) is 0. The van der Waals surface area contributed by atoms with Crippen LogP contribution in [0.1, 0.15) is 53.9 Å². The fourth-order valence-corrected chi connectivity index (χ4v) is 2.66. The lowest BCUT2D eigenvalue weighted by Crippen LogP contribution is -2.34. The third kappa shape index (κ3) is 4.18. The molecule has 1 rings (SSSR count). The molecule has 1 aliphatic rings. The predicted molar refractivity (Wildman–Crippen MR) is 88.4 cm³/mol. The van der Waals surface area contributed by atoms with E-state index in [2.05, 4.69) is 18.8 Å². The molecule has 0 aromatic rings. The van der Waals surface area contributed by atoms with Crippen molar-refractivity contribution in [1.29, 1.82) is 0 Å². The molecule has 0 spiro atoms. The van der Waals surface area contributed by atoms with Gasteiger partial charge in [-0.3, -0.25) is 9.59 Å².